The van der Waals surface area contributed by atoms with Crippen molar-refractivity contribution in [2.75, 3.05) is 0 Å². The summed E-state index contributed by atoms with van der Waals surface area (Å²) >= 11 is 0. The van der Waals surface area contributed by atoms with E-state index in [2.05, 4.69) is 52.4 Å². The van der Waals surface area contributed by atoms with E-state index in [0.29, 0.717) is 0 Å². The fourth-order valence-electron chi connectivity index (χ4n) is 0. The fourth-order valence-corrected chi connectivity index (χ4v) is 0. The number of hydrogen-bond acceptors (Lipinski definition) is 0. The van der Waals surface area contributed by atoms with Crippen LogP contribution in [0.4, 0.5) is 0 Å². The summed E-state index contributed by atoms with van der Waals surface area (Å²) in [7, 11) is -1.72. The molecule has 0 unspecified atom stereocenters. The molecule has 0 saturated carbocycles. The molecule has 0 saturated heterocycles. The average molecular weight is 245 g/mol. The molecule has 0 aromatic rings. The van der Waals surface area contributed by atoms with Gasteiger partial charge in [-0.3, -0.25) is 0 Å². The van der Waals surface area contributed by atoms with E-state index in [1.165, 1.54) is 0 Å². The van der Waals surface area contributed by atoms with Crippen molar-refractivity contribution in [2.24, 2.45) is 0 Å². The van der Waals surface area contributed by atoms with E-state index < -0.39 is 16.1 Å². The van der Waals surface area contributed by atoms with Crippen LogP contribution in [0.3, 0.4) is 0 Å². The molecule has 0 radical (unpaired) electrons. The Morgan fingerprint density at radius 3 is 0.667 bits per heavy atom. The Kier molecular flexibility index (Phi) is 17.8. The van der Waals surface area contributed by atoms with Gasteiger partial charge in [-0.05, 0) is 0 Å². The molecule has 74 valence electrons. The predicted molar refractivity (Wildman–Crippen MR) is 57.4 cm³/mol. The van der Waals surface area contributed by atoms with E-state index in [1.807, 2.05) is 0 Å². The first-order chi connectivity index (χ1) is 4.00. The van der Waals surface area contributed by atoms with Crippen LogP contribution in [0.15, 0.2) is 0 Å². The van der Waals surface area contributed by atoms with Crippen LogP contribution in [-0.2, 0) is 17.1 Å². The van der Waals surface area contributed by atoms with Gasteiger partial charge in [0.05, 0.1) is 0 Å². The first-order valence-corrected chi connectivity index (χ1v) is 11.1. The minimum absolute atomic E-state index is 0. The molecule has 0 bridgehead atoms. The summed E-state index contributed by atoms with van der Waals surface area (Å²) in [4.78, 5) is 0. The zero-order valence-electron chi connectivity index (χ0n) is 9.72. The third kappa shape index (κ3) is 535. The van der Waals surface area contributed by atoms with Gasteiger partial charge in [0.2, 0.25) is 0 Å². The summed E-state index contributed by atoms with van der Waals surface area (Å²) in [5.41, 5.74) is 0. The summed E-state index contributed by atoms with van der Waals surface area (Å²) < 4.78 is 0. The maximum atomic E-state index is 3.91. The van der Waals surface area contributed by atoms with Gasteiger partial charge >= 0.3 is 35.9 Å². The van der Waals surface area contributed by atoms with E-state index in [-0.39, 0.29) is 35.9 Å². The molecule has 0 atom stereocenters. The van der Waals surface area contributed by atoms with Crippen molar-refractivity contribution >= 4 is 16.1 Å². The minimum Gasteiger partial charge on any atom is -0.342 e. The molecule has 4 heteroatoms. The third-order valence-electron chi connectivity index (χ3n) is 0. The van der Waals surface area contributed by atoms with Gasteiger partial charge in [0.25, 0.3) is 0 Å². The summed E-state index contributed by atoms with van der Waals surface area (Å²) in [6.45, 7) is 21.1. The van der Waals surface area contributed by atoms with Crippen LogP contribution in [0.25, 0.3) is 0 Å². The van der Waals surface area contributed by atoms with Gasteiger partial charge in [-0.15, -0.1) is 16.1 Å². The minimum atomic E-state index is -0.861. The molecule has 0 aliphatic rings. The van der Waals surface area contributed by atoms with Gasteiger partial charge in [-0.2, -0.15) is 0 Å². The molecule has 0 aliphatic heterocycles. The Balaban J connectivity index is -0.0000000457. The van der Waals surface area contributed by atoms with Crippen LogP contribution < -0.4 is 18.9 Å². The van der Waals surface area contributed by atoms with E-state index in [9.17, 15) is 0 Å². The fraction of sp³-hybridized carbons (Fsp3) is 0.750. The van der Waals surface area contributed by atoms with Crippen molar-refractivity contribution in [2.45, 2.75) is 39.3 Å². The van der Waals surface area contributed by atoms with Crippen LogP contribution in [-0.4, -0.2) is 16.1 Å². The first kappa shape index (κ1) is 23.4. The maximum Gasteiger partial charge on any atom is 1.00 e. The van der Waals surface area contributed by atoms with Crippen LogP contribution in [0.1, 0.15) is 0 Å². The zero-order chi connectivity index (χ0) is 9.00. The Labute approximate surface area is 104 Å². The SMILES string of the molecule is [CH2-][Si](C)(C)C.[CH2-][Si](C)(C)C.[Cu+].[Li+]. The quantitative estimate of drug-likeness (QED) is 0.428. The molecule has 12 heavy (non-hydrogen) atoms. The van der Waals surface area contributed by atoms with E-state index in [1.54, 1.807) is 0 Å². The van der Waals surface area contributed by atoms with E-state index in [4.69, 9.17) is 0 Å². The molecule has 0 aliphatic carbocycles. The second-order valence-corrected chi connectivity index (χ2v) is 15.4. The standard InChI is InChI=1S/2C4H11Si.Cu.Li/c2*1-5(2,3)4;;/h2*1H2,2-4H3;;/q2*-1;2*+1. The van der Waals surface area contributed by atoms with Crippen molar-refractivity contribution in [1.29, 1.82) is 0 Å². The monoisotopic (exact) mass is 244 g/mol. The smallest absolute Gasteiger partial charge is 0.342 e. The van der Waals surface area contributed by atoms with Crippen LogP contribution in [0.5, 0.6) is 0 Å². The summed E-state index contributed by atoms with van der Waals surface area (Å²) in [5, 5.41) is 0. The zero-order valence-corrected chi connectivity index (χ0v) is 12.7. The van der Waals surface area contributed by atoms with Gasteiger partial charge in [0.1, 0.15) is 0 Å². The maximum absolute atomic E-state index is 3.91. The van der Waals surface area contributed by atoms with Gasteiger partial charge in [-0.1, -0.05) is 39.3 Å². The number of hydrogen-bond donors (Lipinski definition) is 0. The molecule has 0 amide bonds. The van der Waals surface area contributed by atoms with Crippen LogP contribution >= 0.6 is 0 Å². The normalized spacial score (nSPS) is 10.0. The van der Waals surface area contributed by atoms with Crippen LogP contribution in [0, 0.1) is 13.1 Å². The largest absolute Gasteiger partial charge is 1.00 e. The number of rotatable bonds is 0. The van der Waals surface area contributed by atoms with Crippen molar-refractivity contribution in [1.82, 2.24) is 0 Å². The Morgan fingerprint density at radius 1 is 0.667 bits per heavy atom. The third-order valence-corrected chi connectivity index (χ3v) is 0. The van der Waals surface area contributed by atoms with Crippen molar-refractivity contribution in [3.63, 3.8) is 0 Å². The first-order valence-electron chi connectivity index (χ1n) is 3.71. The molecule has 0 aromatic heterocycles. The molecule has 0 rings (SSSR count). The Morgan fingerprint density at radius 2 is 0.667 bits per heavy atom. The van der Waals surface area contributed by atoms with Gasteiger partial charge in [0.15, 0.2) is 0 Å². The van der Waals surface area contributed by atoms with Gasteiger partial charge < -0.3 is 13.1 Å². The van der Waals surface area contributed by atoms with Gasteiger partial charge in [-0.25, -0.2) is 0 Å². The van der Waals surface area contributed by atoms with Crippen LogP contribution in [0.2, 0.25) is 39.3 Å². The van der Waals surface area contributed by atoms with E-state index in [0.717, 1.165) is 0 Å². The Hall–Kier alpha value is 1.55. The molecule has 0 fully saturated rings. The molecular formula is C8H22CuLiSi2. The average Bonchev–Trinajstić information content (AvgIpc) is 1.12. The molecule has 0 N–H and O–H groups in total. The van der Waals surface area contributed by atoms with Gasteiger partial charge in [0, 0.05) is 0 Å². The second-order valence-electron chi connectivity index (χ2n) is 5.12. The summed E-state index contributed by atoms with van der Waals surface area (Å²) in [6, 6.07) is 0. The molecule has 0 heterocycles. The summed E-state index contributed by atoms with van der Waals surface area (Å²) in [5.74, 6) is 0. The second kappa shape index (κ2) is 9.12. The topological polar surface area (TPSA) is 0 Å². The van der Waals surface area contributed by atoms with Crippen molar-refractivity contribution in [3.8, 4) is 0 Å². The summed E-state index contributed by atoms with van der Waals surface area (Å²) in [6.07, 6.45) is 0. The van der Waals surface area contributed by atoms with E-state index >= 15 is 0 Å². The van der Waals surface area contributed by atoms with Crippen molar-refractivity contribution in [3.05, 3.63) is 13.1 Å². The molecule has 0 nitrogen and oxygen atoms in total. The predicted octanol–water partition coefficient (Wildman–Crippen LogP) is 0.397. The molecule has 0 spiro atoms. The molecular weight excluding hydrogens is 223 g/mol. The molecule has 0 aromatic carbocycles. The van der Waals surface area contributed by atoms with Crippen molar-refractivity contribution < 1.29 is 35.9 Å². The Bertz CT molecular complexity index is 60.0.